The van der Waals surface area contributed by atoms with Gasteiger partial charge >= 0.3 is 0 Å². The van der Waals surface area contributed by atoms with E-state index in [1.165, 1.54) is 6.08 Å². The predicted octanol–water partition coefficient (Wildman–Crippen LogP) is 2.46. The van der Waals surface area contributed by atoms with Gasteiger partial charge in [-0.2, -0.15) is 0 Å². The molecule has 3 aromatic rings. The van der Waals surface area contributed by atoms with E-state index >= 15 is 0 Å². The molecule has 7 heteroatoms. The van der Waals surface area contributed by atoms with Gasteiger partial charge in [-0.15, -0.1) is 0 Å². The van der Waals surface area contributed by atoms with Crippen LogP contribution in [0.5, 0.6) is 5.75 Å². The van der Waals surface area contributed by atoms with Crippen LogP contribution in [-0.2, 0) is 11.4 Å². The maximum atomic E-state index is 11.8. The number of hydrogen-bond donors (Lipinski definition) is 3. The fourth-order valence-corrected chi connectivity index (χ4v) is 2.20. The van der Waals surface area contributed by atoms with Gasteiger partial charge in [0.05, 0.1) is 0 Å². The van der Waals surface area contributed by atoms with Crippen LogP contribution in [0.4, 0.5) is 0 Å². The summed E-state index contributed by atoms with van der Waals surface area (Å²) in [4.78, 5) is 30.2. The number of hydrazine groups is 1. The smallest absolute Gasteiger partial charge is 0.286 e. The summed E-state index contributed by atoms with van der Waals surface area (Å²) in [7, 11) is 0. The Bertz CT molecular complexity index is 904. The number of hydrogen-bond acceptors (Lipinski definition) is 4. The molecule has 0 spiro atoms. The zero-order valence-corrected chi connectivity index (χ0v) is 14.4. The van der Waals surface area contributed by atoms with Gasteiger partial charge in [0.2, 0.25) is 0 Å². The number of rotatable bonds is 6. The van der Waals surface area contributed by atoms with Crippen molar-refractivity contribution in [1.29, 1.82) is 0 Å². The van der Waals surface area contributed by atoms with E-state index in [2.05, 4.69) is 20.8 Å². The van der Waals surface area contributed by atoms with Crippen LogP contribution in [0.3, 0.4) is 0 Å². The number of nitrogens with one attached hydrogen (secondary N) is 3. The van der Waals surface area contributed by atoms with Crippen LogP contribution in [0.2, 0.25) is 0 Å². The van der Waals surface area contributed by atoms with Crippen molar-refractivity contribution in [2.24, 2.45) is 0 Å². The van der Waals surface area contributed by atoms with Crippen molar-refractivity contribution in [3.05, 3.63) is 90.0 Å². The Morgan fingerprint density at radius 3 is 2.63 bits per heavy atom. The second-order valence-electron chi connectivity index (χ2n) is 5.58. The van der Waals surface area contributed by atoms with Gasteiger partial charge in [-0.1, -0.05) is 18.2 Å². The van der Waals surface area contributed by atoms with Crippen molar-refractivity contribution < 1.29 is 14.3 Å². The van der Waals surface area contributed by atoms with Gasteiger partial charge in [-0.25, -0.2) is 0 Å². The lowest BCUT2D eigenvalue weighted by molar-refractivity contribution is -0.117. The minimum atomic E-state index is -0.438. The summed E-state index contributed by atoms with van der Waals surface area (Å²) in [5.74, 6) is -0.137. The Balaban J connectivity index is 1.45. The molecule has 3 rings (SSSR count). The lowest BCUT2D eigenvalue weighted by Gasteiger charge is -2.06. The number of benzene rings is 1. The molecule has 0 radical (unpaired) electrons. The third-order valence-corrected chi connectivity index (χ3v) is 3.58. The number of nitrogens with zero attached hydrogens (tertiary/aromatic N) is 1. The summed E-state index contributed by atoms with van der Waals surface area (Å²) in [6, 6.07) is 14.4. The molecule has 2 amide bonds. The normalized spacial score (nSPS) is 10.5. The third-order valence-electron chi connectivity index (χ3n) is 3.58. The molecule has 7 nitrogen and oxygen atoms in total. The van der Waals surface area contributed by atoms with Gasteiger partial charge in [-0.3, -0.25) is 25.4 Å². The molecule has 0 unspecified atom stereocenters. The van der Waals surface area contributed by atoms with Gasteiger partial charge in [0.1, 0.15) is 18.1 Å². The van der Waals surface area contributed by atoms with Crippen LogP contribution >= 0.6 is 0 Å². The minimum Gasteiger partial charge on any atom is -0.489 e. The standard InChI is InChI=1S/C20H18N4O3/c25-19(23-24-20(26)18-4-2-12-22-18)10-7-15-5-8-17(9-6-15)27-14-16-3-1-11-21-13-16/h1-13,22H,14H2,(H,23,25)(H,24,26)/b10-7+. The number of amides is 2. The first-order valence-corrected chi connectivity index (χ1v) is 8.24. The Morgan fingerprint density at radius 1 is 1.07 bits per heavy atom. The molecule has 0 fully saturated rings. The van der Waals surface area contributed by atoms with Crippen LogP contribution in [0.25, 0.3) is 6.08 Å². The highest BCUT2D eigenvalue weighted by atomic mass is 16.5. The van der Waals surface area contributed by atoms with Gasteiger partial charge in [0.15, 0.2) is 0 Å². The number of aromatic amines is 1. The van der Waals surface area contributed by atoms with Crippen LogP contribution < -0.4 is 15.6 Å². The van der Waals surface area contributed by atoms with E-state index in [4.69, 9.17) is 4.74 Å². The summed E-state index contributed by atoms with van der Waals surface area (Å²) in [5.41, 5.74) is 6.81. The summed E-state index contributed by atoms with van der Waals surface area (Å²) >= 11 is 0. The highest BCUT2D eigenvalue weighted by Crippen LogP contribution is 2.14. The second kappa shape index (κ2) is 9.00. The topological polar surface area (TPSA) is 96.1 Å². The molecular formula is C20H18N4O3. The largest absolute Gasteiger partial charge is 0.489 e. The molecule has 2 heterocycles. The molecule has 136 valence electrons. The first-order chi connectivity index (χ1) is 13.2. The molecule has 0 saturated carbocycles. The van der Waals surface area contributed by atoms with E-state index < -0.39 is 11.8 Å². The molecule has 0 atom stereocenters. The van der Waals surface area contributed by atoms with Crippen molar-refractivity contribution in [2.75, 3.05) is 0 Å². The molecule has 3 N–H and O–H groups in total. The van der Waals surface area contributed by atoms with Gasteiger partial charge in [0, 0.05) is 30.2 Å². The number of aromatic nitrogens is 2. The second-order valence-corrected chi connectivity index (χ2v) is 5.58. The van der Waals surface area contributed by atoms with Gasteiger partial charge in [-0.05, 0) is 42.0 Å². The molecule has 0 bridgehead atoms. The molecule has 2 aromatic heterocycles. The maximum absolute atomic E-state index is 11.8. The monoisotopic (exact) mass is 362 g/mol. The van der Waals surface area contributed by atoms with Crippen molar-refractivity contribution >= 4 is 17.9 Å². The molecule has 27 heavy (non-hydrogen) atoms. The molecule has 0 aliphatic rings. The lowest BCUT2D eigenvalue weighted by Crippen LogP contribution is -2.40. The molecule has 0 aliphatic heterocycles. The maximum Gasteiger partial charge on any atom is 0.286 e. The Labute approximate surface area is 156 Å². The van der Waals surface area contributed by atoms with E-state index in [0.717, 1.165) is 16.9 Å². The fourth-order valence-electron chi connectivity index (χ4n) is 2.20. The zero-order chi connectivity index (χ0) is 18.9. The SMILES string of the molecule is O=C(/C=C/c1ccc(OCc2cccnc2)cc1)NNC(=O)c1ccc[nH]1. The highest BCUT2D eigenvalue weighted by molar-refractivity contribution is 5.96. The first kappa shape index (κ1) is 17.9. The van der Waals surface area contributed by atoms with Gasteiger partial charge < -0.3 is 9.72 Å². The Hall–Kier alpha value is -3.87. The summed E-state index contributed by atoms with van der Waals surface area (Å²) in [5, 5.41) is 0. The van der Waals surface area contributed by atoms with Crippen LogP contribution in [0, 0.1) is 0 Å². The van der Waals surface area contributed by atoms with Crippen LogP contribution in [0.1, 0.15) is 21.6 Å². The van der Waals surface area contributed by atoms with E-state index in [-0.39, 0.29) is 0 Å². The van der Waals surface area contributed by atoms with Crippen LogP contribution in [0.15, 0.2) is 73.2 Å². The van der Waals surface area contributed by atoms with E-state index in [9.17, 15) is 9.59 Å². The van der Waals surface area contributed by atoms with E-state index in [0.29, 0.717) is 12.3 Å². The number of carbonyl (C=O) groups excluding carboxylic acids is 2. The Kier molecular flexibility index (Phi) is 5.98. The minimum absolute atomic E-state index is 0.362. The molecule has 0 aliphatic carbocycles. The summed E-state index contributed by atoms with van der Waals surface area (Å²) < 4.78 is 5.68. The van der Waals surface area contributed by atoms with Crippen molar-refractivity contribution in [3.63, 3.8) is 0 Å². The van der Waals surface area contributed by atoms with Crippen LogP contribution in [-0.4, -0.2) is 21.8 Å². The van der Waals surface area contributed by atoms with Crippen molar-refractivity contribution in [3.8, 4) is 5.75 Å². The zero-order valence-electron chi connectivity index (χ0n) is 14.4. The fraction of sp³-hybridized carbons (Fsp3) is 0.0500. The highest BCUT2D eigenvalue weighted by Gasteiger charge is 2.05. The van der Waals surface area contributed by atoms with E-state index in [1.807, 2.05) is 36.4 Å². The van der Waals surface area contributed by atoms with E-state index in [1.54, 1.807) is 36.8 Å². The van der Waals surface area contributed by atoms with Crippen molar-refractivity contribution in [1.82, 2.24) is 20.8 Å². The lowest BCUT2D eigenvalue weighted by atomic mass is 10.2. The molecule has 0 saturated heterocycles. The van der Waals surface area contributed by atoms with Gasteiger partial charge in [0.25, 0.3) is 11.8 Å². The molecule has 1 aromatic carbocycles. The summed E-state index contributed by atoms with van der Waals surface area (Å²) in [6.07, 6.45) is 8.07. The number of carbonyl (C=O) groups is 2. The average molecular weight is 362 g/mol. The number of pyridine rings is 1. The molecular weight excluding hydrogens is 344 g/mol. The van der Waals surface area contributed by atoms with Crippen molar-refractivity contribution in [2.45, 2.75) is 6.61 Å². The predicted molar refractivity (Wildman–Crippen MR) is 100 cm³/mol. The summed E-state index contributed by atoms with van der Waals surface area (Å²) in [6.45, 7) is 0.436. The quantitative estimate of drug-likeness (QED) is 0.464. The first-order valence-electron chi connectivity index (χ1n) is 8.24. The third kappa shape index (κ3) is 5.57. The number of ether oxygens (including phenoxy) is 1. The number of H-pyrrole nitrogens is 1. The Morgan fingerprint density at radius 2 is 1.93 bits per heavy atom. The average Bonchev–Trinajstić information content (AvgIpc) is 3.25.